The molecule has 0 atom stereocenters. The number of carbonyl (C=O) groups excluding carboxylic acids is 1. The van der Waals surface area contributed by atoms with Crippen molar-refractivity contribution in [3.8, 4) is 57.5 Å². The maximum atomic E-state index is 13.6. The van der Waals surface area contributed by atoms with Gasteiger partial charge in [-0.25, -0.2) is 0 Å². The number of hydrogen-bond donors (Lipinski definition) is 11. The Morgan fingerprint density at radius 1 is 0.474 bits per heavy atom. The molecule has 0 spiro atoms. The lowest BCUT2D eigenvalue weighted by molar-refractivity contribution is 0.103. The SMILES string of the molecule is CC(C)=CCc1c(O)cc2oc3cc(O)c(O)c(CC=C(C)C)c3c(=O)c2c1O.CO.CO.COc1c(O)cc2c(c1CC=C(C)C)C(=O)c1c(cc(O)c(CC=C(C)C)c1O)C2.Cc1cc(O)cc(O)c1.c1ccccc1. The number of carbonyl (C=O) groups is 1. The topological polar surface area (TPSA) is 279 Å². The molecule has 416 valence electrons. The lowest BCUT2D eigenvalue weighted by Crippen LogP contribution is -2.19. The van der Waals surface area contributed by atoms with Gasteiger partial charge in [0.1, 0.15) is 51.0 Å². The van der Waals surface area contributed by atoms with Crippen molar-refractivity contribution in [2.24, 2.45) is 0 Å². The molecular weight excluding hydrogens is 997 g/mol. The molecule has 1 heterocycles. The number of ketones is 1. The minimum atomic E-state index is -0.537. The van der Waals surface area contributed by atoms with Crippen LogP contribution in [0.1, 0.15) is 110 Å². The standard InChI is InChI=1S/C25H28O5.C23H24O6.C7H8O2.C6H6.2CH4O/c1-13(2)6-8-17-19(26)11-16-10-15-12-20(27)25(30-5)18(9-7-14(3)4)21(15)24(29)22(16)23(17)28;1-11(2)5-7-13-15(24)9-18-20(22(13)27)23(28)19-14(8-6-12(3)4)21(26)16(25)10-17(19)29-18;1-5-2-6(8)4-7(9)3-5;1-2-4-6-5-3-1;2*1-2/h6-7,11-12,26-28H,8-10H2,1-5H3;5-6,9-10,24-27H,7-8H2,1-4H3;2-4,8-9H,1H3;1-6H;2*2H,1H3. The Hall–Kier alpha value is -8.66. The molecule has 11 N–H and O–H groups in total. The second-order valence-corrected chi connectivity index (χ2v) is 19.0. The summed E-state index contributed by atoms with van der Waals surface area (Å²) in [7, 11) is 3.46. The molecule has 0 bridgehead atoms. The van der Waals surface area contributed by atoms with Gasteiger partial charge in [0.2, 0.25) is 5.43 Å². The van der Waals surface area contributed by atoms with Gasteiger partial charge in [-0.3, -0.25) is 9.59 Å². The van der Waals surface area contributed by atoms with Crippen LogP contribution in [0.15, 0.2) is 135 Å². The van der Waals surface area contributed by atoms with Crippen LogP contribution in [0.25, 0.3) is 21.9 Å². The highest BCUT2D eigenvalue weighted by atomic mass is 16.5. The third kappa shape index (κ3) is 16.2. The van der Waals surface area contributed by atoms with E-state index in [-0.39, 0.29) is 103 Å². The number of phenols is 9. The summed E-state index contributed by atoms with van der Waals surface area (Å²) in [6, 6.07) is 22.0. The van der Waals surface area contributed by atoms with Gasteiger partial charge in [0.25, 0.3) is 0 Å². The number of benzene rings is 6. The average Bonchev–Trinajstić information content (AvgIpc) is 3.37. The monoisotopic (exact) mass is 1070 g/mol. The smallest absolute Gasteiger partial charge is 0.204 e. The second kappa shape index (κ2) is 29.6. The highest BCUT2D eigenvalue weighted by Gasteiger charge is 2.33. The minimum Gasteiger partial charge on any atom is -0.508 e. The van der Waals surface area contributed by atoms with Crippen LogP contribution in [0.5, 0.6) is 57.5 Å². The molecule has 0 fully saturated rings. The van der Waals surface area contributed by atoms with Gasteiger partial charge in [-0.2, -0.15) is 0 Å². The van der Waals surface area contributed by atoms with Gasteiger partial charge in [0.05, 0.1) is 18.1 Å². The number of hydrogen-bond acceptors (Lipinski definition) is 15. The van der Waals surface area contributed by atoms with Crippen LogP contribution in [-0.4, -0.2) is 83.3 Å². The molecule has 0 aliphatic heterocycles. The van der Waals surface area contributed by atoms with E-state index in [2.05, 4.69) is 0 Å². The van der Waals surface area contributed by atoms with Gasteiger partial charge in [-0.15, -0.1) is 0 Å². The van der Waals surface area contributed by atoms with E-state index in [0.717, 1.165) is 48.1 Å². The van der Waals surface area contributed by atoms with Crippen LogP contribution in [0.2, 0.25) is 0 Å². The Kier molecular flexibility index (Phi) is 24.1. The first-order valence-corrected chi connectivity index (χ1v) is 24.8. The molecule has 0 unspecified atom stereocenters. The fourth-order valence-corrected chi connectivity index (χ4v) is 8.27. The largest absolute Gasteiger partial charge is 0.508 e. The first kappa shape index (κ1) is 63.6. The van der Waals surface area contributed by atoms with Gasteiger partial charge in [-0.05, 0) is 135 Å². The van der Waals surface area contributed by atoms with E-state index in [1.165, 1.54) is 25.3 Å². The number of ether oxygens (including phenoxy) is 1. The fourth-order valence-electron chi connectivity index (χ4n) is 8.27. The normalized spacial score (nSPS) is 10.6. The highest BCUT2D eigenvalue weighted by Crippen LogP contribution is 2.45. The fraction of sp³-hybridized carbons (Fsp3) is 0.270. The maximum Gasteiger partial charge on any atom is 0.204 e. The molecule has 7 aromatic rings. The van der Waals surface area contributed by atoms with Gasteiger partial charge < -0.3 is 65.3 Å². The Bertz CT molecular complexity index is 3320. The van der Waals surface area contributed by atoms with Crippen molar-refractivity contribution in [1.82, 2.24) is 0 Å². The zero-order valence-electron chi connectivity index (χ0n) is 46.4. The summed E-state index contributed by atoms with van der Waals surface area (Å²) in [5.74, 6) is -1.45. The van der Waals surface area contributed by atoms with E-state index in [4.69, 9.17) is 29.6 Å². The van der Waals surface area contributed by atoms with Gasteiger partial charge in [0, 0.05) is 60.2 Å². The van der Waals surface area contributed by atoms with Crippen molar-refractivity contribution in [2.45, 2.75) is 94.4 Å². The molecule has 15 nitrogen and oxygen atoms in total. The molecule has 15 heteroatoms. The van der Waals surface area contributed by atoms with E-state index >= 15 is 0 Å². The molecule has 0 radical (unpaired) electrons. The minimum absolute atomic E-state index is 0.00305. The van der Waals surface area contributed by atoms with E-state index in [1.54, 1.807) is 25.1 Å². The summed E-state index contributed by atoms with van der Waals surface area (Å²) >= 11 is 0. The Balaban J connectivity index is 0.000000308. The van der Waals surface area contributed by atoms with Crippen LogP contribution in [0.3, 0.4) is 0 Å². The quantitative estimate of drug-likeness (QED) is 0.0364. The number of aliphatic hydroxyl groups is 2. The molecule has 1 aliphatic carbocycles. The van der Waals surface area contributed by atoms with Crippen LogP contribution < -0.4 is 10.2 Å². The summed E-state index contributed by atoms with van der Waals surface area (Å²) in [6.07, 6.45) is 9.03. The number of phenolic OH excluding ortho intramolecular Hbond substituents is 9. The van der Waals surface area contributed by atoms with E-state index in [9.17, 15) is 45.3 Å². The number of allylic oxidation sites excluding steroid dienone is 8. The van der Waals surface area contributed by atoms with Crippen LogP contribution >= 0.6 is 0 Å². The Morgan fingerprint density at radius 3 is 1.33 bits per heavy atom. The van der Waals surface area contributed by atoms with Crippen molar-refractivity contribution in [3.63, 3.8) is 0 Å². The molecule has 1 aliphatic rings. The molecule has 0 saturated heterocycles. The highest BCUT2D eigenvalue weighted by molar-refractivity contribution is 6.16. The first-order chi connectivity index (χ1) is 36.9. The third-order valence-corrected chi connectivity index (χ3v) is 11.9. The van der Waals surface area contributed by atoms with Crippen molar-refractivity contribution in [2.75, 3.05) is 21.3 Å². The van der Waals surface area contributed by atoms with Gasteiger partial charge >= 0.3 is 0 Å². The number of rotatable bonds is 9. The summed E-state index contributed by atoms with van der Waals surface area (Å²) in [5.41, 5.74) is 7.70. The van der Waals surface area contributed by atoms with Crippen molar-refractivity contribution >= 4 is 27.7 Å². The zero-order valence-corrected chi connectivity index (χ0v) is 46.4. The molecule has 78 heavy (non-hydrogen) atoms. The van der Waals surface area contributed by atoms with Crippen molar-refractivity contribution < 1.29 is 70.1 Å². The average molecular weight is 1070 g/mol. The summed E-state index contributed by atoms with van der Waals surface area (Å²) < 4.78 is 11.1. The molecule has 0 amide bonds. The van der Waals surface area contributed by atoms with Crippen molar-refractivity contribution in [3.05, 3.63) is 186 Å². The third-order valence-electron chi connectivity index (χ3n) is 11.9. The number of aliphatic hydroxyl groups excluding tert-OH is 2. The van der Waals surface area contributed by atoms with E-state index in [1.807, 2.05) is 116 Å². The number of fused-ring (bicyclic) bond motifs is 4. The Labute approximate surface area is 455 Å². The molecule has 8 rings (SSSR count). The van der Waals surface area contributed by atoms with Crippen LogP contribution in [0.4, 0.5) is 0 Å². The van der Waals surface area contributed by atoms with Gasteiger partial charge in [-0.1, -0.05) is 83.0 Å². The summed E-state index contributed by atoms with van der Waals surface area (Å²) in [6.45, 7) is 17.1. The lowest BCUT2D eigenvalue weighted by atomic mass is 9.79. The molecule has 0 saturated carbocycles. The number of aromatic hydroxyl groups is 9. The predicted molar refractivity (Wildman–Crippen MR) is 307 cm³/mol. The summed E-state index contributed by atoms with van der Waals surface area (Å²) in [4.78, 5) is 26.9. The van der Waals surface area contributed by atoms with Gasteiger partial charge in [0.15, 0.2) is 28.8 Å². The first-order valence-electron chi connectivity index (χ1n) is 24.8. The predicted octanol–water partition coefficient (Wildman–Crippen LogP) is 12.1. The number of aryl methyl sites for hydroxylation is 1. The van der Waals surface area contributed by atoms with E-state index < -0.39 is 16.9 Å². The lowest BCUT2D eigenvalue weighted by Gasteiger charge is -2.25. The van der Waals surface area contributed by atoms with Crippen molar-refractivity contribution in [1.29, 1.82) is 0 Å². The molecule has 6 aromatic carbocycles. The molecule has 1 aromatic heterocycles. The van der Waals surface area contributed by atoms with Crippen LogP contribution in [0, 0.1) is 6.92 Å². The maximum absolute atomic E-state index is 13.6. The number of methoxy groups -OCH3 is 1. The van der Waals surface area contributed by atoms with E-state index in [0.29, 0.717) is 47.1 Å². The summed E-state index contributed by atoms with van der Waals surface area (Å²) in [5, 5.41) is 105. The van der Waals surface area contributed by atoms with Crippen LogP contribution in [-0.2, 0) is 32.1 Å². The Morgan fingerprint density at radius 2 is 0.872 bits per heavy atom. The second-order valence-electron chi connectivity index (χ2n) is 19.0. The molecular formula is C63H74O15. The zero-order chi connectivity index (χ0) is 58.7.